The first kappa shape index (κ1) is 15.5. The molecule has 2 aliphatic rings. The first-order chi connectivity index (χ1) is 10.2. The van der Waals surface area contributed by atoms with E-state index in [1.54, 1.807) is 6.07 Å². The van der Waals surface area contributed by atoms with Crippen molar-refractivity contribution in [1.82, 2.24) is 5.32 Å². The zero-order valence-electron chi connectivity index (χ0n) is 12.5. The molecule has 0 aliphatic heterocycles. The van der Waals surface area contributed by atoms with Crippen LogP contribution in [0.15, 0.2) is 18.2 Å². The van der Waals surface area contributed by atoms with Gasteiger partial charge < -0.3 is 10.1 Å². The molecule has 2 unspecified atom stereocenters. The number of ether oxygens (including phenoxy) is 1. The molecule has 0 radical (unpaired) electrons. The molecular weight excluding hydrogens is 305 g/mol. The summed E-state index contributed by atoms with van der Waals surface area (Å²) in [5, 5.41) is 4.82. The fraction of sp³-hybridized carbons (Fsp3) is 0.647. The van der Waals surface area contributed by atoms with Crippen molar-refractivity contribution >= 4 is 23.2 Å². The SMILES string of the molecule is CNC1CC(Oc2cc(Cl)ccc2Cl)C12CCCCCC2. The van der Waals surface area contributed by atoms with Crippen LogP contribution in [0.3, 0.4) is 0 Å². The summed E-state index contributed by atoms with van der Waals surface area (Å²) in [6.07, 6.45) is 9.13. The third-order valence-corrected chi connectivity index (χ3v) is 5.88. The van der Waals surface area contributed by atoms with E-state index in [1.165, 1.54) is 38.5 Å². The lowest BCUT2D eigenvalue weighted by molar-refractivity contribution is -0.0881. The molecule has 0 saturated heterocycles. The van der Waals surface area contributed by atoms with Gasteiger partial charge in [0.2, 0.25) is 0 Å². The predicted molar refractivity (Wildman–Crippen MR) is 88.5 cm³/mol. The summed E-state index contributed by atoms with van der Waals surface area (Å²) in [5.41, 5.74) is 0.275. The van der Waals surface area contributed by atoms with Gasteiger partial charge in [0.05, 0.1) is 5.02 Å². The average Bonchev–Trinajstić information content (AvgIpc) is 2.74. The lowest BCUT2D eigenvalue weighted by Gasteiger charge is -2.55. The van der Waals surface area contributed by atoms with Crippen LogP contribution in [0.2, 0.25) is 10.0 Å². The molecule has 21 heavy (non-hydrogen) atoms. The minimum atomic E-state index is 0.254. The predicted octanol–water partition coefficient (Wildman–Crippen LogP) is 5.07. The van der Waals surface area contributed by atoms with Crippen LogP contribution >= 0.6 is 23.2 Å². The van der Waals surface area contributed by atoms with Gasteiger partial charge in [-0.1, -0.05) is 48.9 Å². The Morgan fingerprint density at radius 1 is 1.14 bits per heavy atom. The van der Waals surface area contributed by atoms with E-state index in [9.17, 15) is 0 Å². The van der Waals surface area contributed by atoms with E-state index in [0.29, 0.717) is 16.1 Å². The summed E-state index contributed by atoms with van der Waals surface area (Å²) in [6.45, 7) is 0. The van der Waals surface area contributed by atoms with E-state index < -0.39 is 0 Å². The van der Waals surface area contributed by atoms with Crippen molar-refractivity contribution in [2.45, 2.75) is 57.1 Å². The molecule has 0 heterocycles. The van der Waals surface area contributed by atoms with E-state index in [-0.39, 0.29) is 11.5 Å². The van der Waals surface area contributed by atoms with Crippen molar-refractivity contribution < 1.29 is 4.74 Å². The third-order valence-electron chi connectivity index (χ3n) is 5.33. The Morgan fingerprint density at radius 3 is 2.52 bits per heavy atom. The normalized spacial score (nSPS) is 28.0. The smallest absolute Gasteiger partial charge is 0.139 e. The first-order valence-corrected chi connectivity index (χ1v) is 8.70. The van der Waals surface area contributed by atoms with Crippen molar-refractivity contribution in [3.63, 3.8) is 0 Å². The Bertz CT molecular complexity index is 498. The van der Waals surface area contributed by atoms with Gasteiger partial charge in [-0.2, -0.15) is 0 Å². The fourth-order valence-corrected chi connectivity index (χ4v) is 4.42. The van der Waals surface area contributed by atoms with Gasteiger partial charge in [0, 0.05) is 29.0 Å². The van der Waals surface area contributed by atoms with Gasteiger partial charge >= 0.3 is 0 Å². The maximum absolute atomic E-state index is 6.29. The molecule has 2 fully saturated rings. The maximum Gasteiger partial charge on any atom is 0.139 e. The van der Waals surface area contributed by atoms with Crippen molar-refractivity contribution in [2.24, 2.45) is 5.41 Å². The Labute approximate surface area is 137 Å². The molecule has 1 aromatic carbocycles. The van der Waals surface area contributed by atoms with Crippen molar-refractivity contribution in [2.75, 3.05) is 7.05 Å². The zero-order valence-corrected chi connectivity index (χ0v) is 14.0. The number of hydrogen-bond donors (Lipinski definition) is 1. The van der Waals surface area contributed by atoms with Crippen LogP contribution in [0.1, 0.15) is 44.9 Å². The lowest BCUT2D eigenvalue weighted by Crippen LogP contribution is -2.64. The molecule has 4 heteroatoms. The highest BCUT2D eigenvalue weighted by Gasteiger charge is 2.55. The van der Waals surface area contributed by atoms with Crippen molar-refractivity contribution in [3.05, 3.63) is 28.2 Å². The quantitative estimate of drug-likeness (QED) is 0.836. The average molecular weight is 328 g/mol. The molecular formula is C17H23Cl2NO. The van der Waals surface area contributed by atoms with E-state index in [2.05, 4.69) is 12.4 Å². The largest absolute Gasteiger partial charge is 0.488 e. The summed E-state index contributed by atoms with van der Waals surface area (Å²) in [7, 11) is 2.07. The Hall–Kier alpha value is -0.440. The van der Waals surface area contributed by atoms with Crippen LogP contribution in [0.5, 0.6) is 5.75 Å². The third kappa shape index (κ3) is 2.91. The highest BCUT2D eigenvalue weighted by molar-refractivity contribution is 6.34. The van der Waals surface area contributed by atoms with E-state index in [4.69, 9.17) is 27.9 Å². The fourth-order valence-electron chi connectivity index (χ4n) is 4.10. The molecule has 2 nitrogen and oxygen atoms in total. The monoisotopic (exact) mass is 327 g/mol. The van der Waals surface area contributed by atoms with Crippen LogP contribution in [-0.4, -0.2) is 19.2 Å². The molecule has 2 aliphatic carbocycles. The van der Waals surface area contributed by atoms with Crippen LogP contribution in [0, 0.1) is 5.41 Å². The van der Waals surface area contributed by atoms with Crippen LogP contribution in [-0.2, 0) is 0 Å². The van der Waals surface area contributed by atoms with Crippen LogP contribution in [0.25, 0.3) is 0 Å². The van der Waals surface area contributed by atoms with Gasteiger partial charge in [0.25, 0.3) is 0 Å². The molecule has 0 aromatic heterocycles. The number of rotatable bonds is 3. The summed E-state index contributed by atoms with van der Waals surface area (Å²) in [6, 6.07) is 6.02. The highest BCUT2D eigenvalue weighted by atomic mass is 35.5. The van der Waals surface area contributed by atoms with Gasteiger partial charge in [-0.15, -0.1) is 0 Å². The number of halogens is 2. The Balaban J connectivity index is 1.79. The van der Waals surface area contributed by atoms with Gasteiger partial charge in [-0.3, -0.25) is 0 Å². The molecule has 0 amide bonds. The second kappa shape index (κ2) is 6.36. The summed E-state index contributed by atoms with van der Waals surface area (Å²) < 4.78 is 6.29. The van der Waals surface area contributed by atoms with E-state index >= 15 is 0 Å². The number of nitrogens with one attached hydrogen (secondary N) is 1. The van der Waals surface area contributed by atoms with Crippen LogP contribution < -0.4 is 10.1 Å². The van der Waals surface area contributed by atoms with E-state index in [1.807, 2.05) is 12.1 Å². The van der Waals surface area contributed by atoms with Gasteiger partial charge in [0.1, 0.15) is 11.9 Å². The zero-order chi connectivity index (χ0) is 14.9. The summed E-state index contributed by atoms with van der Waals surface area (Å²) in [5.74, 6) is 0.729. The number of hydrogen-bond acceptors (Lipinski definition) is 2. The van der Waals surface area contributed by atoms with Gasteiger partial charge in [0.15, 0.2) is 0 Å². The van der Waals surface area contributed by atoms with Crippen molar-refractivity contribution in [1.29, 1.82) is 0 Å². The molecule has 1 aromatic rings. The van der Waals surface area contributed by atoms with Gasteiger partial charge in [-0.25, -0.2) is 0 Å². The highest BCUT2D eigenvalue weighted by Crippen LogP contribution is 2.52. The molecule has 116 valence electrons. The molecule has 0 bridgehead atoms. The first-order valence-electron chi connectivity index (χ1n) is 7.95. The lowest BCUT2D eigenvalue weighted by atomic mass is 9.58. The minimum absolute atomic E-state index is 0.254. The molecule has 2 atom stereocenters. The van der Waals surface area contributed by atoms with Gasteiger partial charge in [-0.05, 0) is 32.0 Å². The Morgan fingerprint density at radius 2 is 1.86 bits per heavy atom. The molecule has 3 rings (SSSR count). The molecule has 2 saturated carbocycles. The van der Waals surface area contributed by atoms with Crippen LogP contribution in [0.4, 0.5) is 0 Å². The van der Waals surface area contributed by atoms with E-state index in [0.717, 1.165) is 12.2 Å². The molecule has 1 spiro atoms. The standard InChI is InChI=1S/C17H23Cl2NO/c1-20-15-11-16(17(15)8-4-2-3-5-9-17)21-14-10-12(18)6-7-13(14)19/h6-7,10,15-16,20H,2-5,8-9,11H2,1H3. The second-order valence-electron chi connectivity index (χ2n) is 6.41. The molecule has 1 N–H and O–H groups in total. The summed E-state index contributed by atoms with van der Waals surface area (Å²) in [4.78, 5) is 0. The summed E-state index contributed by atoms with van der Waals surface area (Å²) >= 11 is 12.3. The topological polar surface area (TPSA) is 21.3 Å². The Kier molecular flexibility index (Phi) is 4.68. The second-order valence-corrected chi connectivity index (χ2v) is 7.25. The maximum atomic E-state index is 6.29. The minimum Gasteiger partial charge on any atom is -0.488 e. The number of benzene rings is 1. The van der Waals surface area contributed by atoms with Crippen molar-refractivity contribution in [3.8, 4) is 5.75 Å².